The molecule has 5 heteroatoms. The first-order chi connectivity index (χ1) is 7.79. The molecule has 0 aliphatic heterocycles. The van der Waals surface area contributed by atoms with Gasteiger partial charge in [0.05, 0.1) is 11.6 Å². The van der Waals surface area contributed by atoms with Gasteiger partial charge >= 0.3 is 0 Å². The van der Waals surface area contributed by atoms with Gasteiger partial charge in [-0.25, -0.2) is 4.98 Å². The molecule has 0 saturated heterocycles. The van der Waals surface area contributed by atoms with Crippen LogP contribution in [-0.2, 0) is 11.6 Å². The molecule has 2 aromatic rings. The highest BCUT2D eigenvalue weighted by Gasteiger charge is 2.04. The van der Waals surface area contributed by atoms with Crippen LogP contribution in [0, 0.1) is 0 Å². The quantitative estimate of drug-likeness (QED) is 0.580. The van der Waals surface area contributed by atoms with E-state index in [0.29, 0.717) is 5.88 Å². The van der Waals surface area contributed by atoms with E-state index >= 15 is 0 Å². The molecule has 0 fully saturated rings. The zero-order chi connectivity index (χ0) is 11.4. The predicted molar refractivity (Wildman–Crippen MR) is 75.4 cm³/mol. The standard InChI is InChI=1S/C11H9BrClNS2/c12-9-3-1-2-4-10(9)15-7-11-14-6-8(5-13)16-11/h1-4,6H,5,7H2. The summed E-state index contributed by atoms with van der Waals surface area (Å²) in [7, 11) is 0. The molecule has 1 nitrogen and oxygen atoms in total. The van der Waals surface area contributed by atoms with Crippen LogP contribution in [0.25, 0.3) is 0 Å². The first kappa shape index (κ1) is 12.4. The molecular weight excluding hydrogens is 326 g/mol. The highest BCUT2D eigenvalue weighted by Crippen LogP contribution is 2.30. The number of aromatic nitrogens is 1. The minimum Gasteiger partial charge on any atom is -0.248 e. The summed E-state index contributed by atoms with van der Waals surface area (Å²) in [5.74, 6) is 1.45. The number of rotatable bonds is 4. The lowest BCUT2D eigenvalue weighted by Gasteiger charge is -2.01. The zero-order valence-corrected chi connectivity index (χ0v) is 12.3. The Morgan fingerprint density at radius 1 is 1.38 bits per heavy atom. The Hall–Kier alpha value is -0.0300. The van der Waals surface area contributed by atoms with E-state index < -0.39 is 0 Å². The number of hydrogen-bond acceptors (Lipinski definition) is 3. The summed E-state index contributed by atoms with van der Waals surface area (Å²) < 4.78 is 1.13. The molecule has 0 unspecified atom stereocenters. The van der Waals surface area contributed by atoms with Crippen molar-refractivity contribution in [1.82, 2.24) is 4.98 Å². The largest absolute Gasteiger partial charge is 0.248 e. The van der Waals surface area contributed by atoms with Crippen molar-refractivity contribution in [3.05, 3.63) is 44.8 Å². The molecule has 0 aliphatic carbocycles. The topological polar surface area (TPSA) is 12.9 Å². The van der Waals surface area contributed by atoms with Gasteiger partial charge in [-0.15, -0.1) is 34.7 Å². The number of nitrogens with zero attached hydrogens (tertiary/aromatic N) is 1. The number of thioether (sulfide) groups is 1. The van der Waals surface area contributed by atoms with Crippen LogP contribution in [0.2, 0.25) is 0 Å². The summed E-state index contributed by atoms with van der Waals surface area (Å²) in [6.45, 7) is 0. The highest BCUT2D eigenvalue weighted by molar-refractivity contribution is 9.10. The Balaban J connectivity index is 1.99. The lowest BCUT2D eigenvalue weighted by atomic mass is 10.4. The molecule has 0 saturated carbocycles. The van der Waals surface area contributed by atoms with Gasteiger partial charge in [-0.1, -0.05) is 12.1 Å². The minimum absolute atomic E-state index is 0.553. The second kappa shape index (κ2) is 6.05. The number of benzene rings is 1. The molecule has 0 amide bonds. The summed E-state index contributed by atoms with van der Waals surface area (Å²) in [6, 6.07) is 8.21. The second-order valence-electron chi connectivity index (χ2n) is 3.07. The van der Waals surface area contributed by atoms with Crippen molar-refractivity contribution in [2.45, 2.75) is 16.5 Å². The van der Waals surface area contributed by atoms with Crippen molar-refractivity contribution >= 4 is 50.6 Å². The Labute approximate surface area is 116 Å². The molecule has 2 rings (SSSR count). The van der Waals surface area contributed by atoms with E-state index in [-0.39, 0.29) is 0 Å². The fourth-order valence-corrected chi connectivity index (χ4v) is 3.75. The number of hydrogen-bond donors (Lipinski definition) is 0. The summed E-state index contributed by atoms with van der Waals surface area (Å²) in [6.07, 6.45) is 1.85. The van der Waals surface area contributed by atoms with Crippen LogP contribution in [0.15, 0.2) is 39.8 Å². The molecule has 84 valence electrons. The van der Waals surface area contributed by atoms with Crippen LogP contribution < -0.4 is 0 Å². The molecule has 1 aromatic heterocycles. The van der Waals surface area contributed by atoms with Gasteiger partial charge in [0.25, 0.3) is 0 Å². The fraction of sp³-hybridized carbons (Fsp3) is 0.182. The van der Waals surface area contributed by atoms with Crippen molar-refractivity contribution in [1.29, 1.82) is 0 Å². The van der Waals surface area contributed by atoms with Gasteiger partial charge in [0.1, 0.15) is 5.01 Å². The lowest BCUT2D eigenvalue weighted by Crippen LogP contribution is -1.78. The number of halogens is 2. The molecule has 1 aromatic carbocycles. The minimum atomic E-state index is 0.553. The molecule has 0 spiro atoms. The van der Waals surface area contributed by atoms with Crippen molar-refractivity contribution in [2.75, 3.05) is 0 Å². The SMILES string of the molecule is ClCc1cnc(CSc2ccccc2Br)s1. The van der Waals surface area contributed by atoms with Gasteiger partial charge in [-0.2, -0.15) is 0 Å². The summed E-state index contributed by atoms with van der Waals surface area (Å²) in [5, 5.41) is 1.12. The molecule has 0 radical (unpaired) electrons. The average Bonchev–Trinajstić information content (AvgIpc) is 2.76. The molecule has 1 heterocycles. The third kappa shape index (κ3) is 3.23. The third-order valence-electron chi connectivity index (χ3n) is 1.92. The average molecular weight is 335 g/mol. The first-order valence-corrected chi connectivity index (χ1v) is 7.79. The monoisotopic (exact) mass is 333 g/mol. The molecule has 0 atom stereocenters. The molecule has 0 N–H and O–H groups in total. The van der Waals surface area contributed by atoms with Gasteiger partial charge in [0.15, 0.2) is 0 Å². The van der Waals surface area contributed by atoms with Gasteiger partial charge in [-0.3, -0.25) is 0 Å². The van der Waals surface area contributed by atoms with E-state index in [9.17, 15) is 0 Å². The van der Waals surface area contributed by atoms with E-state index in [1.165, 1.54) is 4.90 Å². The van der Waals surface area contributed by atoms with Crippen LogP contribution in [0.5, 0.6) is 0 Å². The molecule has 0 bridgehead atoms. The van der Waals surface area contributed by atoms with Crippen LogP contribution in [0.3, 0.4) is 0 Å². The maximum absolute atomic E-state index is 5.74. The van der Waals surface area contributed by atoms with Gasteiger partial charge < -0.3 is 0 Å². The Kier molecular flexibility index (Phi) is 4.70. The van der Waals surface area contributed by atoms with E-state index in [1.54, 1.807) is 23.1 Å². The molecule has 16 heavy (non-hydrogen) atoms. The summed E-state index contributed by atoms with van der Waals surface area (Å²) in [4.78, 5) is 6.70. The van der Waals surface area contributed by atoms with E-state index in [2.05, 4.69) is 27.0 Å². The van der Waals surface area contributed by atoms with Gasteiger partial charge in [0.2, 0.25) is 0 Å². The van der Waals surface area contributed by atoms with E-state index in [4.69, 9.17) is 11.6 Å². The van der Waals surface area contributed by atoms with Crippen molar-refractivity contribution < 1.29 is 0 Å². The maximum Gasteiger partial charge on any atom is 0.103 e. The van der Waals surface area contributed by atoms with Gasteiger partial charge in [-0.05, 0) is 28.1 Å². The van der Waals surface area contributed by atoms with Crippen molar-refractivity contribution in [2.24, 2.45) is 0 Å². The Morgan fingerprint density at radius 2 is 2.19 bits per heavy atom. The molecule has 0 aliphatic rings. The van der Waals surface area contributed by atoms with Crippen molar-refractivity contribution in [3.63, 3.8) is 0 Å². The van der Waals surface area contributed by atoms with E-state index in [0.717, 1.165) is 20.1 Å². The maximum atomic E-state index is 5.74. The third-order valence-corrected chi connectivity index (χ3v) is 5.59. The van der Waals surface area contributed by atoms with Crippen LogP contribution in [0.4, 0.5) is 0 Å². The summed E-state index contributed by atoms with van der Waals surface area (Å²) >= 11 is 12.7. The highest BCUT2D eigenvalue weighted by atomic mass is 79.9. The number of alkyl halides is 1. The molecular formula is C11H9BrClNS2. The van der Waals surface area contributed by atoms with E-state index in [1.807, 2.05) is 24.4 Å². The smallest absolute Gasteiger partial charge is 0.103 e. The number of thiazole rings is 1. The first-order valence-electron chi connectivity index (χ1n) is 4.66. The Morgan fingerprint density at radius 3 is 2.88 bits per heavy atom. The lowest BCUT2D eigenvalue weighted by molar-refractivity contribution is 1.25. The van der Waals surface area contributed by atoms with Crippen LogP contribution in [-0.4, -0.2) is 4.98 Å². The predicted octanol–water partition coefficient (Wildman–Crippen LogP) is 4.94. The van der Waals surface area contributed by atoms with Crippen LogP contribution in [0.1, 0.15) is 9.88 Å². The summed E-state index contributed by atoms with van der Waals surface area (Å²) in [5.41, 5.74) is 0. The van der Waals surface area contributed by atoms with Crippen LogP contribution >= 0.6 is 50.6 Å². The van der Waals surface area contributed by atoms with Crippen molar-refractivity contribution in [3.8, 4) is 0 Å². The second-order valence-corrected chi connectivity index (χ2v) is 6.41. The van der Waals surface area contributed by atoms with Gasteiger partial charge in [0, 0.05) is 20.4 Å². The normalized spacial score (nSPS) is 10.6. The fourth-order valence-electron chi connectivity index (χ4n) is 1.18. The Bertz CT molecular complexity index is 473. The zero-order valence-electron chi connectivity index (χ0n) is 8.32.